The van der Waals surface area contributed by atoms with Crippen molar-refractivity contribution in [2.24, 2.45) is 0 Å². The first-order chi connectivity index (χ1) is 31.1. The van der Waals surface area contributed by atoms with Crippen molar-refractivity contribution in [1.82, 2.24) is 9.97 Å². The Hall–Kier alpha value is -8.54. The molecule has 0 aliphatic carbocycles. The molecule has 0 saturated carbocycles. The van der Waals surface area contributed by atoms with Crippen molar-refractivity contribution in [3.05, 3.63) is 206 Å². The van der Waals surface area contributed by atoms with E-state index < -0.39 is 0 Å². The number of hydrogen-bond donors (Lipinski definition) is 0. The van der Waals surface area contributed by atoms with E-state index in [0.29, 0.717) is 5.82 Å². The summed E-state index contributed by atoms with van der Waals surface area (Å²) in [6, 6.07) is 71.7. The molecule has 0 fully saturated rings. The normalized spacial score (nSPS) is 11.8. The minimum absolute atomic E-state index is 0.660. The van der Waals surface area contributed by atoms with Gasteiger partial charge < -0.3 is 13.3 Å². The number of hydrogen-bond acceptors (Lipinski definition) is 5. The monoisotopic (exact) mass is 806 g/mol. The van der Waals surface area contributed by atoms with Gasteiger partial charge >= 0.3 is 0 Å². The Morgan fingerprint density at radius 2 is 0.508 bits per heavy atom. The minimum atomic E-state index is 0.660. The molecule has 4 heterocycles. The maximum absolute atomic E-state index is 6.11. The van der Waals surface area contributed by atoms with Gasteiger partial charge in [-0.3, -0.25) is 0 Å². The van der Waals surface area contributed by atoms with E-state index in [1.165, 1.54) is 0 Å². The van der Waals surface area contributed by atoms with Gasteiger partial charge in [0.1, 0.15) is 33.5 Å². The Labute approximate surface area is 361 Å². The average molecular weight is 807 g/mol. The summed E-state index contributed by atoms with van der Waals surface area (Å²) in [6.07, 6.45) is 0. The lowest BCUT2D eigenvalue weighted by atomic mass is 9.99. The summed E-state index contributed by atoms with van der Waals surface area (Å²) in [5.41, 5.74) is 16.7. The molecular formula is C58H34N2O3. The van der Waals surface area contributed by atoms with E-state index in [1.54, 1.807) is 0 Å². The molecule has 0 aliphatic rings. The third kappa shape index (κ3) is 6.01. The van der Waals surface area contributed by atoms with Crippen LogP contribution in [0.1, 0.15) is 0 Å². The van der Waals surface area contributed by atoms with E-state index in [0.717, 1.165) is 127 Å². The fraction of sp³-hybridized carbons (Fsp3) is 0. The van der Waals surface area contributed by atoms with Crippen molar-refractivity contribution in [1.29, 1.82) is 0 Å². The van der Waals surface area contributed by atoms with Gasteiger partial charge in [-0.2, -0.15) is 0 Å². The third-order valence-electron chi connectivity index (χ3n) is 12.4. The van der Waals surface area contributed by atoms with Gasteiger partial charge in [-0.15, -0.1) is 0 Å². The predicted molar refractivity (Wildman–Crippen MR) is 256 cm³/mol. The van der Waals surface area contributed by atoms with Gasteiger partial charge in [-0.25, -0.2) is 9.97 Å². The van der Waals surface area contributed by atoms with E-state index in [2.05, 4.69) is 170 Å². The van der Waals surface area contributed by atoms with Gasteiger partial charge in [-0.05, 0) is 94.0 Å². The summed E-state index contributed by atoms with van der Waals surface area (Å²) in [6.45, 7) is 0. The fourth-order valence-corrected chi connectivity index (χ4v) is 9.07. The molecule has 294 valence electrons. The Bertz CT molecular complexity index is 3470. The second-order valence-corrected chi connectivity index (χ2v) is 16.1. The Kier molecular flexibility index (Phi) is 7.84. The molecule has 0 N–H and O–H groups in total. The molecule has 0 bridgehead atoms. The molecule has 0 saturated heterocycles. The number of benzene rings is 9. The molecule has 5 heteroatoms. The molecule has 0 spiro atoms. The zero-order chi connectivity index (χ0) is 41.4. The molecule has 0 amide bonds. The van der Waals surface area contributed by atoms with Crippen LogP contribution < -0.4 is 0 Å². The molecule has 13 aromatic rings. The van der Waals surface area contributed by atoms with Crippen LogP contribution in [0.5, 0.6) is 0 Å². The van der Waals surface area contributed by atoms with Crippen LogP contribution in [-0.2, 0) is 0 Å². The van der Waals surface area contributed by atoms with Crippen LogP contribution in [0.3, 0.4) is 0 Å². The highest BCUT2D eigenvalue weighted by atomic mass is 16.3. The summed E-state index contributed by atoms with van der Waals surface area (Å²) < 4.78 is 18.3. The maximum atomic E-state index is 6.11. The highest BCUT2D eigenvalue weighted by Crippen LogP contribution is 2.37. The molecule has 0 atom stereocenters. The van der Waals surface area contributed by atoms with Crippen LogP contribution in [0, 0.1) is 0 Å². The highest BCUT2D eigenvalue weighted by Gasteiger charge is 2.15. The van der Waals surface area contributed by atoms with Crippen LogP contribution in [0.4, 0.5) is 0 Å². The van der Waals surface area contributed by atoms with Crippen LogP contribution in [0.15, 0.2) is 220 Å². The van der Waals surface area contributed by atoms with Crippen LogP contribution in [0.25, 0.3) is 133 Å². The largest absolute Gasteiger partial charge is 0.456 e. The standard InChI is InChI=1S/C58H34N2O3/c1-4-10-52-44(7-1)47-31-41(25-28-55(47)61-52)35-13-19-38(20-14-35)50-34-51(39-21-15-36(16-22-39)42-26-29-56-48(32-42)45-8-2-5-11-53(45)62-56)60-58(59-50)40-23-17-37(18-24-40)43-27-30-57-49(33-43)46-9-3-6-12-54(46)63-57/h1-34H. The van der Waals surface area contributed by atoms with Gasteiger partial charge in [0.15, 0.2) is 5.82 Å². The Morgan fingerprint density at radius 3 is 0.873 bits per heavy atom. The van der Waals surface area contributed by atoms with Gasteiger partial charge in [0, 0.05) is 49.0 Å². The van der Waals surface area contributed by atoms with Crippen LogP contribution in [0.2, 0.25) is 0 Å². The van der Waals surface area contributed by atoms with Gasteiger partial charge in [-0.1, -0.05) is 146 Å². The molecule has 5 nitrogen and oxygen atoms in total. The number of furan rings is 3. The molecule has 4 aromatic heterocycles. The summed E-state index contributed by atoms with van der Waals surface area (Å²) in [5.74, 6) is 0.660. The molecule has 13 rings (SSSR count). The van der Waals surface area contributed by atoms with Crippen LogP contribution in [-0.4, -0.2) is 9.97 Å². The summed E-state index contributed by atoms with van der Waals surface area (Å²) in [5, 5.41) is 6.68. The topological polar surface area (TPSA) is 65.2 Å². The number of rotatable bonds is 6. The Balaban J connectivity index is 0.874. The summed E-state index contributed by atoms with van der Waals surface area (Å²) >= 11 is 0. The smallest absolute Gasteiger partial charge is 0.160 e. The van der Waals surface area contributed by atoms with E-state index >= 15 is 0 Å². The quantitative estimate of drug-likeness (QED) is 0.167. The number of nitrogens with zero attached hydrogens (tertiary/aromatic N) is 2. The third-order valence-corrected chi connectivity index (χ3v) is 12.4. The first kappa shape index (κ1) is 35.2. The molecule has 63 heavy (non-hydrogen) atoms. The first-order valence-corrected chi connectivity index (χ1v) is 21.1. The molecule has 0 aliphatic heterocycles. The van der Waals surface area contributed by atoms with Crippen molar-refractivity contribution in [3.63, 3.8) is 0 Å². The molecular weight excluding hydrogens is 773 g/mol. The first-order valence-electron chi connectivity index (χ1n) is 21.1. The van der Waals surface area contributed by atoms with E-state index in [1.807, 2.05) is 36.4 Å². The van der Waals surface area contributed by atoms with Gasteiger partial charge in [0.05, 0.1) is 11.4 Å². The molecule has 0 radical (unpaired) electrons. The summed E-state index contributed by atoms with van der Waals surface area (Å²) in [4.78, 5) is 10.4. The zero-order valence-electron chi connectivity index (χ0n) is 33.7. The molecule has 0 unspecified atom stereocenters. The van der Waals surface area contributed by atoms with Crippen molar-refractivity contribution in [3.8, 4) is 67.3 Å². The van der Waals surface area contributed by atoms with E-state index in [4.69, 9.17) is 23.2 Å². The zero-order valence-corrected chi connectivity index (χ0v) is 33.7. The van der Waals surface area contributed by atoms with Crippen molar-refractivity contribution < 1.29 is 13.3 Å². The maximum Gasteiger partial charge on any atom is 0.160 e. The van der Waals surface area contributed by atoms with Crippen molar-refractivity contribution >= 4 is 65.8 Å². The second-order valence-electron chi connectivity index (χ2n) is 16.1. The summed E-state index contributed by atoms with van der Waals surface area (Å²) in [7, 11) is 0. The van der Waals surface area contributed by atoms with Crippen molar-refractivity contribution in [2.75, 3.05) is 0 Å². The van der Waals surface area contributed by atoms with Crippen molar-refractivity contribution in [2.45, 2.75) is 0 Å². The number of fused-ring (bicyclic) bond motifs is 9. The lowest BCUT2D eigenvalue weighted by Crippen LogP contribution is -1.96. The minimum Gasteiger partial charge on any atom is -0.456 e. The van der Waals surface area contributed by atoms with Gasteiger partial charge in [0.2, 0.25) is 0 Å². The highest BCUT2D eigenvalue weighted by molar-refractivity contribution is 6.08. The lowest BCUT2D eigenvalue weighted by Gasteiger charge is -2.11. The van der Waals surface area contributed by atoms with Crippen LogP contribution >= 0.6 is 0 Å². The van der Waals surface area contributed by atoms with E-state index in [-0.39, 0.29) is 0 Å². The lowest BCUT2D eigenvalue weighted by molar-refractivity contribution is 0.668. The molecule has 9 aromatic carbocycles. The van der Waals surface area contributed by atoms with Gasteiger partial charge in [0.25, 0.3) is 0 Å². The average Bonchev–Trinajstić information content (AvgIpc) is 4.04. The van der Waals surface area contributed by atoms with E-state index in [9.17, 15) is 0 Å². The number of para-hydroxylation sites is 3. The fourth-order valence-electron chi connectivity index (χ4n) is 9.07. The Morgan fingerprint density at radius 1 is 0.222 bits per heavy atom. The SMILES string of the molecule is c1ccc2c(c1)oc1ccc(-c3ccc(-c4cc(-c5ccc(-c6ccc7oc8ccccc8c7c6)cc5)nc(-c5ccc(-c6ccc7oc8ccccc8c7c6)cc5)n4)cc3)cc12. The number of aromatic nitrogens is 2. The predicted octanol–water partition coefficient (Wildman–Crippen LogP) is 16.2. The second kappa shape index (κ2) is 14.0.